The number of anilines is 1. The highest BCUT2D eigenvalue weighted by molar-refractivity contribution is 5.94. The molecule has 0 radical (unpaired) electrons. The van der Waals surface area contributed by atoms with Crippen molar-refractivity contribution >= 4 is 17.3 Å². The van der Waals surface area contributed by atoms with E-state index in [0.717, 1.165) is 41.9 Å². The number of carbonyl (C=O) groups is 1. The summed E-state index contributed by atoms with van der Waals surface area (Å²) in [5, 5.41) is 17.0. The van der Waals surface area contributed by atoms with Gasteiger partial charge in [-0.05, 0) is 56.9 Å². The van der Waals surface area contributed by atoms with E-state index >= 15 is 0 Å². The van der Waals surface area contributed by atoms with E-state index in [1.165, 1.54) is 0 Å². The van der Waals surface area contributed by atoms with Crippen molar-refractivity contribution in [3.8, 4) is 0 Å². The number of aromatic carboxylic acids is 1. The fourth-order valence-corrected chi connectivity index (χ4v) is 5.88. The maximum atomic E-state index is 13.2. The SMILES string of the molecule is Cc1cc([C@@H](C)Nc2ccccc2C(=O)O)c2nc(C34CC(c5noc(C)n5)(C3)C4)cc(=O)n2c1. The molecule has 1 aromatic carbocycles. The van der Waals surface area contributed by atoms with Gasteiger partial charge in [-0.25, -0.2) is 9.78 Å². The monoisotopic (exact) mass is 471 g/mol. The first-order chi connectivity index (χ1) is 16.7. The number of rotatable bonds is 6. The van der Waals surface area contributed by atoms with E-state index in [9.17, 15) is 14.7 Å². The minimum atomic E-state index is -1.000. The van der Waals surface area contributed by atoms with Crippen LogP contribution in [0.25, 0.3) is 5.65 Å². The summed E-state index contributed by atoms with van der Waals surface area (Å²) < 4.78 is 6.76. The maximum absolute atomic E-state index is 13.2. The normalized spacial score (nSPS) is 23.4. The van der Waals surface area contributed by atoms with Gasteiger partial charge in [0.25, 0.3) is 5.56 Å². The Morgan fingerprint density at radius 1 is 1.14 bits per heavy atom. The van der Waals surface area contributed by atoms with Crippen molar-refractivity contribution in [3.63, 3.8) is 0 Å². The molecule has 9 heteroatoms. The van der Waals surface area contributed by atoms with Crippen molar-refractivity contribution in [2.24, 2.45) is 0 Å². The first-order valence-corrected chi connectivity index (χ1v) is 11.6. The Kier molecular flexibility index (Phi) is 4.45. The summed E-state index contributed by atoms with van der Waals surface area (Å²) in [5.41, 5.74) is 3.50. The summed E-state index contributed by atoms with van der Waals surface area (Å²) in [6.07, 6.45) is 4.34. The van der Waals surface area contributed by atoms with Crippen LogP contribution in [0.1, 0.15) is 71.1 Å². The molecule has 3 aromatic heterocycles. The highest BCUT2D eigenvalue weighted by Gasteiger charge is 2.71. The van der Waals surface area contributed by atoms with Crippen molar-refractivity contribution in [1.82, 2.24) is 19.5 Å². The van der Waals surface area contributed by atoms with Gasteiger partial charge in [-0.1, -0.05) is 17.3 Å². The lowest BCUT2D eigenvalue weighted by atomic mass is 9.34. The van der Waals surface area contributed by atoms with Gasteiger partial charge in [0, 0.05) is 41.3 Å². The summed E-state index contributed by atoms with van der Waals surface area (Å²) in [7, 11) is 0. The quantitative estimate of drug-likeness (QED) is 0.434. The molecular weight excluding hydrogens is 446 g/mol. The second-order valence-corrected chi connectivity index (χ2v) is 10.1. The molecule has 1 atom stereocenters. The Balaban J connectivity index is 1.37. The molecule has 3 aliphatic carbocycles. The average Bonchev–Trinajstić information content (AvgIpc) is 3.18. The van der Waals surface area contributed by atoms with E-state index in [1.54, 1.807) is 47.9 Å². The summed E-state index contributed by atoms with van der Waals surface area (Å²) in [4.78, 5) is 34.3. The number of pyridine rings is 1. The largest absolute Gasteiger partial charge is 0.478 e. The molecule has 35 heavy (non-hydrogen) atoms. The number of nitrogens with zero attached hydrogens (tertiary/aromatic N) is 4. The van der Waals surface area contributed by atoms with Crippen molar-refractivity contribution < 1.29 is 14.4 Å². The van der Waals surface area contributed by atoms with Crippen LogP contribution in [-0.4, -0.2) is 30.6 Å². The first-order valence-electron chi connectivity index (χ1n) is 11.6. The summed E-state index contributed by atoms with van der Waals surface area (Å²) in [6.45, 7) is 5.66. The number of hydrogen-bond acceptors (Lipinski definition) is 7. The van der Waals surface area contributed by atoms with Crippen molar-refractivity contribution in [2.75, 3.05) is 5.32 Å². The van der Waals surface area contributed by atoms with Crippen LogP contribution in [0.4, 0.5) is 5.69 Å². The molecular formula is C26H25N5O4. The van der Waals surface area contributed by atoms with Gasteiger partial charge in [0.05, 0.1) is 17.3 Å². The number of aromatic nitrogens is 4. The molecule has 3 fully saturated rings. The summed E-state index contributed by atoms with van der Waals surface area (Å²) in [5.74, 6) is 0.313. The van der Waals surface area contributed by atoms with Crippen LogP contribution in [0.5, 0.6) is 0 Å². The number of benzene rings is 1. The van der Waals surface area contributed by atoms with Gasteiger partial charge in [0.1, 0.15) is 5.65 Å². The minimum absolute atomic E-state index is 0.0733. The van der Waals surface area contributed by atoms with E-state index in [0.29, 0.717) is 17.2 Å². The predicted octanol–water partition coefficient (Wildman–Crippen LogP) is 3.94. The fraction of sp³-hybridized carbons (Fsp3) is 0.346. The lowest BCUT2D eigenvalue weighted by Crippen LogP contribution is -2.68. The molecule has 3 saturated carbocycles. The molecule has 9 nitrogen and oxygen atoms in total. The number of hydrogen-bond donors (Lipinski definition) is 2. The second kappa shape index (κ2) is 7.24. The Morgan fingerprint density at radius 3 is 2.57 bits per heavy atom. The van der Waals surface area contributed by atoms with Gasteiger partial charge >= 0.3 is 5.97 Å². The van der Waals surface area contributed by atoms with Gasteiger partial charge in [-0.3, -0.25) is 9.20 Å². The molecule has 0 amide bonds. The highest BCUT2D eigenvalue weighted by Crippen LogP contribution is 2.73. The van der Waals surface area contributed by atoms with Gasteiger partial charge in [-0.15, -0.1) is 0 Å². The zero-order valence-electron chi connectivity index (χ0n) is 19.7. The topological polar surface area (TPSA) is 123 Å². The van der Waals surface area contributed by atoms with Crippen LogP contribution in [0, 0.1) is 13.8 Å². The minimum Gasteiger partial charge on any atom is -0.478 e. The number of para-hydroxylation sites is 1. The van der Waals surface area contributed by atoms with Crippen LogP contribution in [0.3, 0.4) is 0 Å². The van der Waals surface area contributed by atoms with Crippen LogP contribution in [0.15, 0.2) is 51.9 Å². The Bertz CT molecular complexity index is 1550. The van der Waals surface area contributed by atoms with Gasteiger partial charge < -0.3 is 14.9 Å². The molecule has 3 aliphatic rings. The predicted molar refractivity (Wildman–Crippen MR) is 128 cm³/mol. The molecule has 3 heterocycles. The van der Waals surface area contributed by atoms with Crippen molar-refractivity contribution in [3.05, 3.63) is 87.0 Å². The standard InChI is InChI=1S/C26H25N5O4/c1-14-8-18(15(2)27-19-7-5-4-6-17(19)23(33)34)22-29-20(9-21(32)31(22)10-14)25-11-26(12-25,13-25)24-28-16(3)35-30-24/h4-10,15,27H,11-13H2,1-3H3,(H,33,34)/t15-,25?,26?/m1/s1. The number of carboxylic acid groups (broad SMARTS) is 1. The molecule has 2 bridgehead atoms. The molecule has 7 rings (SSSR count). The number of fused-ring (bicyclic) bond motifs is 1. The number of nitrogens with one attached hydrogen (secondary N) is 1. The van der Waals surface area contributed by atoms with Crippen LogP contribution in [-0.2, 0) is 10.8 Å². The fourth-order valence-electron chi connectivity index (χ4n) is 5.88. The van der Waals surface area contributed by atoms with E-state index in [-0.39, 0.29) is 28.0 Å². The third-order valence-electron chi connectivity index (χ3n) is 7.50. The van der Waals surface area contributed by atoms with E-state index in [2.05, 4.69) is 15.5 Å². The maximum Gasteiger partial charge on any atom is 0.337 e. The van der Waals surface area contributed by atoms with E-state index < -0.39 is 5.97 Å². The molecule has 0 spiro atoms. The molecule has 4 aromatic rings. The van der Waals surface area contributed by atoms with Gasteiger partial charge in [0.15, 0.2) is 5.82 Å². The molecule has 178 valence electrons. The zero-order valence-corrected chi connectivity index (χ0v) is 19.7. The van der Waals surface area contributed by atoms with Crippen LogP contribution >= 0.6 is 0 Å². The lowest BCUT2D eigenvalue weighted by molar-refractivity contribution is -0.0794. The van der Waals surface area contributed by atoms with Crippen molar-refractivity contribution in [1.29, 1.82) is 0 Å². The lowest BCUT2D eigenvalue weighted by Gasteiger charge is -2.68. The van der Waals surface area contributed by atoms with Crippen LogP contribution in [0.2, 0.25) is 0 Å². The highest BCUT2D eigenvalue weighted by atomic mass is 16.5. The number of carboxylic acids is 1. The Morgan fingerprint density at radius 2 is 1.89 bits per heavy atom. The first kappa shape index (κ1) is 21.5. The van der Waals surface area contributed by atoms with Crippen LogP contribution < -0.4 is 10.9 Å². The molecule has 0 aliphatic heterocycles. The Hall–Kier alpha value is -4.01. The molecule has 0 saturated heterocycles. The Labute approximate surface area is 200 Å². The van der Waals surface area contributed by atoms with E-state index in [1.807, 2.05) is 19.9 Å². The number of aryl methyl sites for hydroxylation is 2. The van der Waals surface area contributed by atoms with Gasteiger partial charge in [0.2, 0.25) is 5.89 Å². The van der Waals surface area contributed by atoms with Gasteiger partial charge in [-0.2, -0.15) is 4.98 Å². The summed E-state index contributed by atoms with van der Waals surface area (Å²) in [6, 6.07) is 10.2. The molecule has 0 unspecified atom stereocenters. The van der Waals surface area contributed by atoms with E-state index in [4.69, 9.17) is 9.51 Å². The second-order valence-electron chi connectivity index (χ2n) is 10.1. The third kappa shape index (κ3) is 3.18. The smallest absolute Gasteiger partial charge is 0.337 e. The summed E-state index contributed by atoms with van der Waals surface area (Å²) >= 11 is 0. The third-order valence-corrected chi connectivity index (χ3v) is 7.50. The van der Waals surface area contributed by atoms with Crippen molar-refractivity contribution in [2.45, 2.75) is 56.9 Å². The average molecular weight is 472 g/mol. The molecule has 2 N–H and O–H groups in total. The zero-order chi connectivity index (χ0) is 24.5.